The average molecular weight is 204 g/mol. The molecule has 1 fully saturated rings. The Morgan fingerprint density at radius 2 is 2.15 bits per heavy atom. The fourth-order valence-electron chi connectivity index (χ4n) is 1.57. The van der Waals surface area contributed by atoms with Crippen molar-refractivity contribution in [2.45, 2.75) is 44.5 Å². The molecule has 1 aliphatic heterocycles. The van der Waals surface area contributed by atoms with Crippen molar-refractivity contribution in [1.82, 2.24) is 4.90 Å². The maximum atomic E-state index is 11.5. The molecule has 0 saturated carbocycles. The van der Waals surface area contributed by atoms with Crippen LogP contribution < -0.4 is 0 Å². The third-order valence-corrected chi connectivity index (χ3v) is 2.55. The minimum atomic E-state index is -0.624. The van der Waals surface area contributed by atoms with Crippen LogP contribution in [0.4, 0.5) is 0 Å². The maximum Gasteiger partial charge on any atom is 0.247 e. The van der Waals surface area contributed by atoms with E-state index in [1.165, 1.54) is 4.90 Å². The number of carbonyl (C=O) groups is 2. The lowest BCUT2D eigenvalue weighted by molar-refractivity contribution is -0.145. The molecule has 0 aromatic carbocycles. The monoisotopic (exact) mass is 203 g/mol. The Morgan fingerprint density at radius 1 is 1.62 bits per heavy atom. The molecule has 13 heavy (non-hydrogen) atoms. The highest BCUT2D eigenvalue weighted by Crippen LogP contribution is 2.30. The number of imide groups is 1. The Labute approximate surface area is 83.0 Å². The highest BCUT2D eigenvalue weighted by Gasteiger charge is 2.42. The first kappa shape index (κ1) is 10.5. The zero-order valence-corrected chi connectivity index (χ0v) is 8.89. The lowest BCUT2D eigenvalue weighted by Gasteiger charge is -2.30. The van der Waals surface area contributed by atoms with Crippen LogP contribution in [0, 0.1) is 0 Å². The molecule has 1 aliphatic rings. The fourth-order valence-corrected chi connectivity index (χ4v) is 1.67. The van der Waals surface area contributed by atoms with Crippen molar-refractivity contribution in [1.29, 1.82) is 0 Å². The second-order valence-corrected chi connectivity index (χ2v) is 4.65. The average Bonchev–Trinajstić information content (AvgIpc) is 2.25. The summed E-state index contributed by atoms with van der Waals surface area (Å²) in [7, 11) is 0. The molecule has 2 amide bonds. The SMILES string of the molecule is CC(Cl)C(=O)N1C(=O)CCC1(C)C. The van der Waals surface area contributed by atoms with Crippen LogP contribution >= 0.6 is 11.6 Å². The van der Waals surface area contributed by atoms with E-state index in [0.717, 1.165) is 6.42 Å². The number of likely N-dealkylation sites (tertiary alicyclic amines) is 1. The van der Waals surface area contributed by atoms with E-state index in [1.807, 2.05) is 13.8 Å². The first-order chi connectivity index (χ1) is 5.86. The van der Waals surface area contributed by atoms with Gasteiger partial charge < -0.3 is 0 Å². The molecule has 4 heteroatoms. The number of rotatable bonds is 1. The van der Waals surface area contributed by atoms with Gasteiger partial charge in [-0.3, -0.25) is 14.5 Å². The van der Waals surface area contributed by atoms with Gasteiger partial charge in [-0.05, 0) is 27.2 Å². The molecule has 1 rings (SSSR count). The molecular formula is C9H14ClNO2. The quantitative estimate of drug-likeness (QED) is 0.607. The molecule has 0 N–H and O–H groups in total. The molecule has 1 unspecified atom stereocenters. The molecule has 74 valence electrons. The van der Waals surface area contributed by atoms with Gasteiger partial charge in [-0.1, -0.05) is 0 Å². The van der Waals surface area contributed by atoms with Crippen molar-refractivity contribution in [3.05, 3.63) is 0 Å². The van der Waals surface area contributed by atoms with E-state index >= 15 is 0 Å². The second-order valence-electron chi connectivity index (χ2n) is 4.00. The van der Waals surface area contributed by atoms with Gasteiger partial charge in [-0.2, -0.15) is 0 Å². The van der Waals surface area contributed by atoms with Crippen LogP contribution in [0.25, 0.3) is 0 Å². The number of hydrogen-bond acceptors (Lipinski definition) is 2. The zero-order chi connectivity index (χ0) is 10.2. The Kier molecular flexibility index (Phi) is 2.66. The van der Waals surface area contributed by atoms with Gasteiger partial charge in [-0.25, -0.2) is 0 Å². The van der Waals surface area contributed by atoms with Crippen molar-refractivity contribution < 1.29 is 9.59 Å². The van der Waals surface area contributed by atoms with E-state index in [-0.39, 0.29) is 17.4 Å². The Bertz CT molecular complexity index is 248. The number of hydrogen-bond donors (Lipinski definition) is 0. The highest BCUT2D eigenvalue weighted by molar-refractivity contribution is 6.31. The van der Waals surface area contributed by atoms with Gasteiger partial charge in [0.05, 0.1) is 0 Å². The van der Waals surface area contributed by atoms with Crippen LogP contribution in [0.5, 0.6) is 0 Å². The first-order valence-corrected chi connectivity index (χ1v) is 4.81. The molecule has 1 atom stereocenters. The van der Waals surface area contributed by atoms with Crippen LogP contribution in [0.3, 0.4) is 0 Å². The number of alkyl halides is 1. The first-order valence-electron chi connectivity index (χ1n) is 4.37. The molecule has 0 aromatic heterocycles. The summed E-state index contributed by atoms with van der Waals surface area (Å²) in [4.78, 5) is 24.2. The normalized spacial score (nSPS) is 23.4. The van der Waals surface area contributed by atoms with Crippen molar-refractivity contribution >= 4 is 23.4 Å². The van der Waals surface area contributed by atoms with E-state index in [4.69, 9.17) is 11.6 Å². The molecule has 0 aromatic rings. The molecule has 1 saturated heterocycles. The number of halogens is 1. The van der Waals surface area contributed by atoms with Gasteiger partial charge in [-0.15, -0.1) is 11.6 Å². The molecule has 0 radical (unpaired) electrons. The summed E-state index contributed by atoms with van der Waals surface area (Å²) in [6, 6.07) is 0. The summed E-state index contributed by atoms with van der Waals surface area (Å²) in [5.41, 5.74) is -0.364. The van der Waals surface area contributed by atoms with Crippen molar-refractivity contribution in [2.75, 3.05) is 0 Å². The van der Waals surface area contributed by atoms with E-state index in [9.17, 15) is 9.59 Å². The number of carbonyl (C=O) groups excluding carboxylic acids is 2. The van der Waals surface area contributed by atoms with Crippen LogP contribution in [-0.4, -0.2) is 27.6 Å². The molecule has 0 aliphatic carbocycles. The lowest BCUT2D eigenvalue weighted by atomic mass is 10.0. The summed E-state index contributed by atoms with van der Waals surface area (Å²) >= 11 is 5.66. The minimum Gasteiger partial charge on any atom is -0.276 e. The van der Waals surface area contributed by atoms with E-state index in [1.54, 1.807) is 6.92 Å². The van der Waals surface area contributed by atoms with Crippen molar-refractivity contribution in [3.8, 4) is 0 Å². The van der Waals surface area contributed by atoms with Gasteiger partial charge in [0.1, 0.15) is 5.38 Å². The third kappa shape index (κ3) is 1.85. The third-order valence-electron chi connectivity index (χ3n) is 2.37. The largest absolute Gasteiger partial charge is 0.276 e. The maximum absolute atomic E-state index is 11.5. The molecular weight excluding hydrogens is 190 g/mol. The summed E-state index contributed by atoms with van der Waals surface area (Å²) in [6.45, 7) is 5.36. The van der Waals surface area contributed by atoms with Crippen LogP contribution in [0.2, 0.25) is 0 Å². The van der Waals surface area contributed by atoms with Crippen LogP contribution in [-0.2, 0) is 9.59 Å². The smallest absolute Gasteiger partial charge is 0.247 e. The van der Waals surface area contributed by atoms with E-state index in [2.05, 4.69) is 0 Å². The molecule has 0 bridgehead atoms. The molecule has 0 spiro atoms. The van der Waals surface area contributed by atoms with Gasteiger partial charge in [0.25, 0.3) is 0 Å². The summed E-state index contributed by atoms with van der Waals surface area (Å²) < 4.78 is 0. The fraction of sp³-hybridized carbons (Fsp3) is 0.778. The lowest BCUT2D eigenvalue weighted by Crippen LogP contribution is -2.47. The summed E-state index contributed by atoms with van der Waals surface area (Å²) in [6.07, 6.45) is 1.17. The highest BCUT2D eigenvalue weighted by atomic mass is 35.5. The Balaban J connectivity index is 2.88. The van der Waals surface area contributed by atoms with Gasteiger partial charge in [0.15, 0.2) is 0 Å². The van der Waals surface area contributed by atoms with Gasteiger partial charge >= 0.3 is 0 Å². The number of nitrogens with zero attached hydrogens (tertiary/aromatic N) is 1. The molecule has 1 heterocycles. The predicted octanol–water partition coefficient (Wildman–Crippen LogP) is 1.54. The second kappa shape index (κ2) is 3.29. The van der Waals surface area contributed by atoms with Crippen molar-refractivity contribution in [3.63, 3.8) is 0 Å². The standard InChI is InChI=1S/C9H14ClNO2/c1-6(10)8(13)11-7(12)4-5-9(11,2)3/h6H,4-5H2,1-3H3. The van der Waals surface area contributed by atoms with E-state index in [0.29, 0.717) is 6.42 Å². The Morgan fingerprint density at radius 3 is 2.46 bits per heavy atom. The predicted molar refractivity (Wildman–Crippen MR) is 50.5 cm³/mol. The Hall–Kier alpha value is -0.570. The van der Waals surface area contributed by atoms with E-state index < -0.39 is 5.38 Å². The zero-order valence-electron chi connectivity index (χ0n) is 8.13. The summed E-state index contributed by atoms with van der Waals surface area (Å²) in [5, 5.41) is -0.624. The van der Waals surface area contributed by atoms with Crippen LogP contribution in [0.15, 0.2) is 0 Å². The molecule has 3 nitrogen and oxygen atoms in total. The van der Waals surface area contributed by atoms with Crippen molar-refractivity contribution in [2.24, 2.45) is 0 Å². The summed E-state index contributed by atoms with van der Waals surface area (Å²) in [5.74, 6) is -0.392. The topological polar surface area (TPSA) is 37.4 Å². The van der Waals surface area contributed by atoms with Gasteiger partial charge in [0, 0.05) is 12.0 Å². The van der Waals surface area contributed by atoms with Gasteiger partial charge in [0.2, 0.25) is 11.8 Å². The minimum absolute atomic E-state index is 0.109. The number of amides is 2. The van der Waals surface area contributed by atoms with Crippen LogP contribution in [0.1, 0.15) is 33.6 Å².